The molecule has 2 aliphatic rings. The number of hydrogen-bond acceptors (Lipinski definition) is 6. The van der Waals surface area contributed by atoms with Crippen LogP contribution in [0.1, 0.15) is 36.6 Å². The van der Waals surface area contributed by atoms with Crippen LogP contribution in [-0.2, 0) is 20.8 Å². The smallest absolute Gasteiger partial charge is 0.249 e. The molecule has 43 heavy (non-hydrogen) atoms. The summed E-state index contributed by atoms with van der Waals surface area (Å²) in [5.41, 5.74) is 2.24. The molecule has 0 saturated carbocycles. The van der Waals surface area contributed by atoms with Crippen molar-refractivity contribution in [1.82, 2.24) is 20.9 Å². The number of carbonyl (C=O) groups is 3. The first-order chi connectivity index (χ1) is 20.6. The molecule has 0 aliphatic carbocycles. The van der Waals surface area contributed by atoms with Gasteiger partial charge < -0.3 is 25.8 Å². The van der Waals surface area contributed by atoms with Crippen molar-refractivity contribution in [1.29, 1.82) is 0 Å². The zero-order valence-corrected chi connectivity index (χ0v) is 24.9. The van der Waals surface area contributed by atoms with Crippen LogP contribution in [0.5, 0.6) is 5.75 Å². The van der Waals surface area contributed by atoms with Crippen LogP contribution in [0.15, 0.2) is 91.1 Å². The Labute approximate surface area is 252 Å². The fourth-order valence-electron chi connectivity index (χ4n) is 4.98. The molecule has 3 amide bonds. The van der Waals surface area contributed by atoms with E-state index in [1.807, 2.05) is 70.4 Å². The van der Waals surface area contributed by atoms with Crippen molar-refractivity contribution in [2.24, 2.45) is 5.92 Å². The second-order valence-electron chi connectivity index (χ2n) is 11.2. The van der Waals surface area contributed by atoms with Crippen LogP contribution in [0.25, 0.3) is 6.08 Å². The van der Waals surface area contributed by atoms with E-state index in [1.54, 1.807) is 53.4 Å². The van der Waals surface area contributed by atoms with Crippen molar-refractivity contribution in [2.75, 3.05) is 14.1 Å². The first-order valence-corrected chi connectivity index (χ1v) is 14.4. The van der Waals surface area contributed by atoms with Gasteiger partial charge in [-0.15, -0.1) is 0 Å². The van der Waals surface area contributed by atoms with E-state index in [-0.39, 0.29) is 11.8 Å². The van der Waals surface area contributed by atoms with Gasteiger partial charge in [-0.2, -0.15) is 0 Å². The van der Waals surface area contributed by atoms with Gasteiger partial charge in [-0.1, -0.05) is 86.6 Å². The maximum absolute atomic E-state index is 14.1. The summed E-state index contributed by atoms with van der Waals surface area (Å²) in [5.74, 6) is -1.33. The number of nitrogens with zero attached hydrogens (tertiary/aromatic N) is 1. The highest BCUT2D eigenvalue weighted by Gasteiger charge is 2.39. The van der Waals surface area contributed by atoms with E-state index in [9.17, 15) is 19.5 Å². The van der Waals surface area contributed by atoms with Gasteiger partial charge in [-0.05, 0) is 61.3 Å². The Morgan fingerprint density at radius 2 is 1.56 bits per heavy atom. The van der Waals surface area contributed by atoms with E-state index >= 15 is 0 Å². The first-order valence-electron chi connectivity index (χ1n) is 14.4. The minimum absolute atomic E-state index is 0.221. The number of aliphatic hydroxyl groups is 1. The number of carbonyl (C=O) groups excluding carboxylic acids is 3. The monoisotopic (exact) mass is 584 g/mol. The second kappa shape index (κ2) is 14.6. The molecule has 0 radical (unpaired) electrons. The predicted molar refractivity (Wildman–Crippen MR) is 166 cm³/mol. The molecule has 0 aromatic heterocycles. The lowest BCUT2D eigenvalue weighted by Crippen LogP contribution is -2.62. The van der Waals surface area contributed by atoms with Crippen LogP contribution in [0.4, 0.5) is 0 Å². The van der Waals surface area contributed by atoms with Gasteiger partial charge in [-0.25, -0.2) is 0 Å². The topological polar surface area (TPSA) is 120 Å². The summed E-state index contributed by atoms with van der Waals surface area (Å²) in [6.45, 7) is 3.79. The number of likely N-dealkylation sites (N-methyl/N-ethyl adjacent to an activating group) is 1. The normalized spacial score (nSPS) is 20.5. The summed E-state index contributed by atoms with van der Waals surface area (Å²) >= 11 is 0. The zero-order valence-electron chi connectivity index (χ0n) is 24.9. The molecular weight excluding hydrogens is 544 g/mol. The van der Waals surface area contributed by atoms with Gasteiger partial charge in [0.15, 0.2) is 0 Å². The average molecular weight is 585 g/mol. The number of aliphatic hydroxyl groups excluding tert-OH is 1. The van der Waals surface area contributed by atoms with Gasteiger partial charge in [0, 0.05) is 6.20 Å². The Balaban J connectivity index is 1.72. The second-order valence-corrected chi connectivity index (χ2v) is 11.2. The van der Waals surface area contributed by atoms with Crippen LogP contribution in [-0.4, -0.2) is 66.1 Å². The summed E-state index contributed by atoms with van der Waals surface area (Å²) in [4.78, 5) is 43.1. The summed E-state index contributed by atoms with van der Waals surface area (Å²) in [7, 11) is 3.62. The standard InChI is InChI=1S/C34H40N4O5/c1-22(2)31-29(37-32(40)27(38(3)4)21-24-11-7-5-8-12-24)34(42)36-28(30(39)25-13-9-6-10-14-25)33(41)35-20-19-23-15-17-26(43-31)18-16-23/h5-20,22,27-31,39H,21H2,1-4H3,(H,35,41)(H,36,42)(H,37,40)/t27-,28+,29+,30-,31+/m0/s1. The molecule has 0 saturated heterocycles. The summed E-state index contributed by atoms with van der Waals surface area (Å²) in [5, 5.41) is 19.6. The molecule has 9 heteroatoms. The lowest BCUT2D eigenvalue weighted by atomic mass is 9.95. The predicted octanol–water partition coefficient (Wildman–Crippen LogP) is 3.07. The summed E-state index contributed by atoms with van der Waals surface area (Å²) in [6.07, 6.45) is 1.44. The number of nitrogens with one attached hydrogen (secondary N) is 3. The van der Waals surface area contributed by atoms with Crippen LogP contribution in [0.2, 0.25) is 0 Å². The molecule has 4 N–H and O–H groups in total. The maximum atomic E-state index is 14.1. The Kier molecular flexibility index (Phi) is 10.7. The van der Waals surface area contributed by atoms with Crippen molar-refractivity contribution < 1.29 is 24.2 Å². The van der Waals surface area contributed by atoms with E-state index in [4.69, 9.17) is 4.74 Å². The average Bonchev–Trinajstić information content (AvgIpc) is 3.00. The number of benzene rings is 3. The number of amides is 3. The van der Waals surface area contributed by atoms with Gasteiger partial charge in [0.25, 0.3) is 0 Å². The maximum Gasteiger partial charge on any atom is 0.249 e. The Morgan fingerprint density at radius 1 is 0.930 bits per heavy atom. The van der Waals surface area contributed by atoms with Gasteiger partial charge in [0.2, 0.25) is 17.7 Å². The van der Waals surface area contributed by atoms with Crippen molar-refractivity contribution >= 4 is 23.8 Å². The molecule has 2 heterocycles. The fourth-order valence-corrected chi connectivity index (χ4v) is 4.98. The van der Waals surface area contributed by atoms with Crippen molar-refractivity contribution in [3.8, 4) is 5.75 Å². The molecule has 0 spiro atoms. The van der Waals surface area contributed by atoms with Crippen molar-refractivity contribution in [3.05, 3.63) is 108 Å². The Hall–Kier alpha value is -4.47. The molecule has 3 aromatic rings. The third-order valence-electron chi connectivity index (χ3n) is 7.45. The lowest BCUT2D eigenvalue weighted by Gasteiger charge is -2.34. The van der Waals surface area contributed by atoms with E-state index in [2.05, 4.69) is 16.0 Å². The van der Waals surface area contributed by atoms with Crippen molar-refractivity contribution in [2.45, 2.75) is 50.6 Å². The quantitative estimate of drug-likeness (QED) is 0.323. The van der Waals surface area contributed by atoms with Crippen LogP contribution < -0.4 is 20.7 Å². The largest absolute Gasteiger partial charge is 0.487 e. The van der Waals surface area contributed by atoms with E-state index in [1.165, 1.54) is 6.20 Å². The van der Waals surface area contributed by atoms with Gasteiger partial charge in [0.1, 0.15) is 30.0 Å². The van der Waals surface area contributed by atoms with Crippen LogP contribution in [0, 0.1) is 5.92 Å². The zero-order chi connectivity index (χ0) is 30.9. The number of rotatable bonds is 8. The van der Waals surface area contributed by atoms with Gasteiger partial charge >= 0.3 is 0 Å². The molecule has 5 atom stereocenters. The van der Waals surface area contributed by atoms with Crippen LogP contribution in [0.3, 0.4) is 0 Å². The van der Waals surface area contributed by atoms with E-state index in [0.717, 1.165) is 11.1 Å². The molecule has 3 aromatic carbocycles. The molecule has 5 rings (SSSR count). The van der Waals surface area contributed by atoms with Crippen molar-refractivity contribution in [3.63, 3.8) is 0 Å². The molecule has 226 valence electrons. The first kappa shape index (κ1) is 31.5. The van der Waals surface area contributed by atoms with E-state index < -0.39 is 42.1 Å². The third-order valence-corrected chi connectivity index (χ3v) is 7.45. The molecule has 2 aliphatic heterocycles. The van der Waals surface area contributed by atoms with E-state index in [0.29, 0.717) is 17.7 Å². The molecule has 2 bridgehead atoms. The van der Waals surface area contributed by atoms with Gasteiger partial charge in [-0.3, -0.25) is 19.3 Å². The van der Waals surface area contributed by atoms with Gasteiger partial charge in [0.05, 0.1) is 6.04 Å². The third kappa shape index (κ3) is 8.30. The van der Waals surface area contributed by atoms with Crippen LogP contribution >= 0.6 is 0 Å². The molecular formula is C34H40N4O5. The highest BCUT2D eigenvalue weighted by molar-refractivity contribution is 5.94. The fraction of sp³-hybridized carbons (Fsp3) is 0.324. The lowest BCUT2D eigenvalue weighted by molar-refractivity contribution is -0.137. The highest BCUT2D eigenvalue weighted by atomic mass is 16.5. The number of fused-ring (bicyclic) bond motifs is 10. The SMILES string of the molecule is CC(C)[C@H]1Oc2ccc(cc2)C=CNC(=O)[C@@H]([C@@H](O)c2ccccc2)NC(=O)[C@@H]1NC(=O)[C@H](Cc1ccccc1)N(C)C. The minimum atomic E-state index is -1.36. The Bertz CT molecular complexity index is 1390. The Morgan fingerprint density at radius 3 is 2.16 bits per heavy atom. The summed E-state index contributed by atoms with van der Waals surface area (Å²) < 4.78 is 6.35. The number of hydrogen-bond donors (Lipinski definition) is 4. The molecule has 9 nitrogen and oxygen atoms in total. The summed E-state index contributed by atoms with van der Waals surface area (Å²) in [6, 6.07) is 22.3. The number of ether oxygens (including phenoxy) is 1. The molecule has 0 unspecified atom stereocenters. The minimum Gasteiger partial charge on any atom is -0.487 e. The highest BCUT2D eigenvalue weighted by Crippen LogP contribution is 2.22. The molecule has 0 fully saturated rings.